The van der Waals surface area contributed by atoms with Gasteiger partial charge in [0, 0.05) is 45.3 Å². The first-order valence-electron chi connectivity index (χ1n) is 46.3. The van der Waals surface area contributed by atoms with Gasteiger partial charge in [-0.2, -0.15) is 0 Å². The van der Waals surface area contributed by atoms with Crippen LogP contribution < -0.4 is 162 Å². The summed E-state index contributed by atoms with van der Waals surface area (Å²) in [6.45, 7) is -10.9. The first-order chi connectivity index (χ1) is 71.1. The number of likely N-dealkylation sites (tertiary alicyclic amines) is 1. The molecular weight excluding hydrogens is 1980 g/mol. The number of aliphatic carboxylic acids is 1. The van der Waals surface area contributed by atoms with E-state index < -0.39 is 349 Å². The molecule has 1 aliphatic rings. The van der Waals surface area contributed by atoms with Gasteiger partial charge < -0.3 is 178 Å². The summed E-state index contributed by atoms with van der Waals surface area (Å²) < 4.78 is 0. The molecule has 150 heavy (non-hydrogen) atoms. The molecule has 1 aliphatic heterocycles. The molecule has 0 aromatic heterocycles. The monoisotopic (exact) mass is 2110 g/mol. The SMILES string of the molecule is N=C(N)NCCC[C@H](NC(=O)CN)C(=O)N[C@@H](Cc1ccccc1)C(=O)NCC(=O)NCC(=O)N[C@@H](CC(N)=O)C(=O)N1CCC[C@H]1C(=O)NCC(=O)NCC(=O)N[C@@H](Cc1ccccc1)C(=O)NCC(=O)N[C@@H](CC(N)=O)C(=O)N[C@@H](CCC(N)=O)C(=O)NCC(=O)NCC(=O)N[C@@H](Cc1ccccc1)C(=O)NCC(=O)N[C@@H](CC(N)=O)C(=O)N[C@@H](CO)C(=O)N[C@@H](CCCNC(=N)N)C(=O)NCC(=O)NCC(=O)NCC(=O)O. The predicted molar refractivity (Wildman–Crippen MR) is 520 cm³/mol. The predicted octanol–water partition coefficient (Wildman–Crippen LogP) is -18.7. The van der Waals surface area contributed by atoms with Crippen LogP contribution in [0.4, 0.5) is 0 Å². The third-order valence-electron chi connectivity index (χ3n) is 21.1. The Kier molecular flexibility index (Phi) is 55.2. The van der Waals surface area contributed by atoms with Gasteiger partial charge in [0.15, 0.2) is 11.9 Å². The van der Waals surface area contributed by atoms with E-state index in [0.717, 1.165) is 4.90 Å². The minimum Gasteiger partial charge on any atom is -0.480 e. The summed E-state index contributed by atoms with van der Waals surface area (Å²) in [4.78, 5) is 354. The van der Waals surface area contributed by atoms with Gasteiger partial charge >= 0.3 is 5.97 Å². The number of aliphatic hydroxyl groups is 1. The minimum atomic E-state index is -1.93. The van der Waals surface area contributed by atoms with Gasteiger partial charge in [0.05, 0.1) is 97.9 Å². The Balaban J connectivity index is 1.32. The molecule has 41 N–H and O–H groups in total. The standard InChI is InChI=1S/C88H127N33O29/c89-33-64(127)111-50(20-11-25-99-88(96)97)81(145)119-54(29-48-17-8-3-9-18-48)80(144)107-37-68(131)103-41-72(135)116-57(32-63(93)126)86(150)121-26-12-21-59(121)85(149)110-38-69(132)102-40-71(134)113-53(28-47-15-6-2-7-16-47)78(142)108-42-73(136)114-55(30-61(91)124)82(146)118-51(22-23-60(90)123)77(141)106-36-67(130)101-39-70(133)112-52(27-46-13-4-1-5-14-46)79(143)109-43-74(137)115-56(31-62(92)125)83(147)120-58(45-122)84(148)117-49(19-10-24-98-87(94)95)76(140)105-35-66(129)100-34-65(128)104-44-75(138)139/h1-9,13-18,49-59,122H,10-12,19-45,89H2,(H2,90,123)(H2,91,124)(H2,92,125)(H2,93,126)(H,100,129)(H,101,130)(H,102,132)(H,103,131)(H,104,128)(H,105,140)(H,106,141)(H,107,144)(H,108,142)(H,109,143)(H,110,149)(H,111,127)(H,112,133)(H,113,134)(H,114,136)(H,115,137)(H,116,135)(H,117,148)(H,118,146)(H,119,145)(H,120,147)(H,138,139)(H4,94,95,98)(H4,96,97,99)/t49-,50-,51-,52-,53-,54-,55-,56-,57-,58-,59-/m0/s1. The Bertz CT molecular complexity index is 5320. The molecule has 0 bridgehead atoms. The van der Waals surface area contributed by atoms with Crippen molar-refractivity contribution in [3.05, 3.63) is 108 Å². The Labute approximate surface area is 854 Å². The number of guanidine groups is 2. The van der Waals surface area contributed by atoms with Crippen molar-refractivity contribution in [1.82, 2.24) is 127 Å². The van der Waals surface area contributed by atoms with Gasteiger partial charge in [-0.3, -0.25) is 140 Å². The average Bonchev–Trinajstić information content (AvgIpc) is 1.67. The van der Waals surface area contributed by atoms with Gasteiger partial charge in [-0.25, -0.2) is 0 Å². The van der Waals surface area contributed by atoms with Crippen molar-refractivity contribution in [3.8, 4) is 0 Å². The molecule has 1 saturated heterocycles. The molecule has 11 atom stereocenters. The normalized spacial score (nSPS) is 13.6. The van der Waals surface area contributed by atoms with Crippen LogP contribution in [0.15, 0.2) is 91.0 Å². The minimum absolute atomic E-state index is 0.0132. The van der Waals surface area contributed by atoms with E-state index in [1.54, 1.807) is 91.0 Å². The highest BCUT2D eigenvalue weighted by atomic mass is 16.4. The van der Waals surface area contributed by atoms with Crippen molar-refractivity contribution in [2.24, 2.45) is 40.1 Å². The molecule has 1 heterocycles. The fraction of sp³-hybridized carbons (Fsp3) is 0.466. The lowest BCUT2D eigenvalue weighted by Crippen LogP contribution is -2.59. The first-order valence-corrected chi connectivity index (χ1v) is 46.3. The fourth-order valence-corrected chi connectivity index (χ4v) is 13.8. The Morgan fingerprint density at radius 2 is 0.587 bits per heavy atom. The summed E-state index contributed by atoms with van der Waals surface area (Å²) in [6, 6.07) is 6.53. The Hall–Kier alpha value is -18.2. The molecular formula is C88H127N33O29. The highest BCUT2D eigenvalue weighted by Gasteiger charge is 2.40. The van der Waals surface area contributed by atoms with Crippen molar-refractivity contribution in [1.29, 1.82) is 10.8 Å². The molecule has 62 nitrogen and oxygen atoms in total. The largest absolute Gasteiger partial charge is 0.480 e. The number of hydrogen-bond donors (Lipinski definition) is 34. The van der Waals surface area contributed by atoms with Crippen LogP contribution in [0.25, 0.3) is 0 Å². The molecule has 0 spiro atoms. The molecule has 0 unspecified atom stereocenters. The molecule has 0 saturated carbocycles. The molecule has 3 aromatic rings. The summed E-state index contributed by atoms with van der Waals surface area (Å²) in [6.07, 6.45) is -4.24. The highest BCUT2D eigenvalue weighted by molar-refractivity contribution is 6.03. The van der Waals surface area contributed by atoms with Gasteiger partial charge in [-0.05, 0) is 61.6 Å². The van der Waals surface area contributed by atoms with Crippen LogP contribution in [0, 0.1) is 10.8 Å². The maximum Gasteiger partial charge on any atom is 0.322 e. The molecule has 3 aromatic carbocycles. The highest BCUT2D eigenvalue weighted by Crippen LogP contribution is 2.20. The van der Waals surface area contributed by atoms with Crippen LogP contribution >= 0.6 is 0 Å². The maximum atomic E-state index is 14.0. The molecule has 0 aliphatic carbocycles. The van der Waals surface area contributed by atoms with Crippen molar-refractivity contribution in [2.45, 2.75) is 156 Å². The zero-order chi connectivity index (χ0) is 111. The summed E-state index contributed by atoms with van der Waals surface area (Å²) in [7, 11) is 0. The number of nitrogens with one attached hydrogen (secondary N) is 25. The zero-order valence-electron chi connectivity index (χ0n) is 81.1. The molecule has 818 valence electrons. The van der Waals surface area contributed by atoms with Crippen molar-refractivity contribution < 1.29 is 140 Å². The van der Waals surface area contributed by atoms with Crippen LogP contribution in [0.1, 0.15) is 87.3 Å². The van der Waals surface area contributed by atoms with Gasteiger partial charge in [0.25, 0.3) is 0 Å². The smallest absolute Gasteiger partial charge is 0.322 e. The van der Waals surface area contributed by atoms with Crippen LogP contribution in [0.2, 0.25) is 0 Å². The lowest BCUT2D eigenvalue weighted by molar-refractivity contribution is -0.142. The number of carboxylic acids is 1. The van der Waals surface area contributed by atoms with E-state index in [2.05, 4.69) is 117 Å². The third-order valence-corrected chi connectivity index (χ3v) is 21.1. The maximum absolute atomic E-state index is 14.0. The van der Waals surface area contributed by atoms with E-state index in [1.165, 1.54) is 0 Å². The van der Waals surface area contributed by atoms with Crippen LogP contribution in [-0.4, -0.2) is 358 Å². The number of nitrogens with zero attached hydrogens (tertiary/aromatic N) is 1. The Morgan fingerprint density at radius 1 is 0.307 bits per heavy atom. The summed E-state index contributed by atoms with van der Waals surface area (Å²) in [5.74, 6) is -29.2. The summed E-state index contributed by atoms with van der Waals surface area (Å²) in [5.41, 5.74) is 39.2. The molecule has 0 radical (unpaired) electrons. The summed E-state index contributed by atoms with van der Waals surface area (Å²) >= 11 is 0. The molecule has 62 heteroatoms. The van der Waals surface area contributed by atoms with Crippen LogP contribution in [0.3, 0.4) is 0 Å². The fourth-order valence-electron chi connectivity index (χ4n) is 13.8. The van der Waals surface area contributed by atoms with E-state index in [0.29, 0.717) is 16.7 Å². The number of rotatable bonds is 68. The quantitative estimate of drug-likeness (QED) is 0.0142. The lowest BCUT2D eigenvalue weighted by Gasteiger charge is -2.28. The molecule has 26 amide bonds. The zero-order valence-corrected chi connectivity index (χ0v) is 81.1. The Morgan fingerprint density at radius 3 is 0.940 bits per heavy atom. The average molecular weight is 2110 g/mol. The van der Waals surface area contributed by atoms with Crippen LogP contribution in [-0.2, 0) is 149 Å². The van der Waals surface area contributed by atoms with Crippen molar-refractivity contribution >= 4 is 171 Å². The first kappa shape index (κ1) is 124. The van der Waals surface area contributed by atoms with E-state index in [-0.39, 0.29) is 83.4 Å². The second-order valence-corrected chi connectivity index (χ2v) is 33.2. The number of carbonyl (C=O) groups is 27. The van der Waals surface area contributed by atoms with Crippen molar-refractivity contribution in [3.63, 3.8) is 0 Å². The number of amides is 26. The van der Waals surface area contributed by atoms with Gasteiger partial charge in [-0.1, -0.05) is 91.0 Å². The van der Waals surface area contributed by atoms with E-state index >= 15 is 0 Å². The van der Waals surface area contributed by atoms with Crippen molar-refractivity contribution in [2.75, 3.05) is 105 Å². The number of carbonyl (C=O) groups excluding carboxylic acids is 26. The lowest BCUT2D eigenvalue weighted by atomic mass is 10.0. The van der Waals surface area contributed by atoms with Crippen LogP contribution in [0.5, 0.6) is 0 Å². The van der Waals surface area contributed by atoms with Gasteiger partial charge in [-0.15, -0.1) is 0 Å². The van der Waals surface area contributed by atoms with E-state index in [4.69, 9.17) is 56.1 Å². The second kappa shape index (κ2) is 66.7. The topological polar surface area (TPSA) is 1010 Å². The van der Waals surface area contributed by atoms with Gasteiger partial charge in [0.2, 0.25) is 154 Å². The number of primary amides is 4. The number of nitrogens with two attached hydrogens (primary N) is 7. The number of hydrogen-bond acceptors (Lipinski definition) is 31. The van der Waals surface area contributed by atoms with E-state index in [9.17, 15) is 135 Å². The van der Waals surface area contributed by atoms with Gasteiger partial charge in [0.1, 0.15) is 73.0 Å². The number of benzene rings is 3. The number of aliphatic hydroxyl groups excluding tert-OH is 1. The summed E-state index contributed by atoms with van der Waals surface area (Å²) in [5, 5.41) is 86.2. The third kappa shape index (κ3) is 50.8. The number of carboxylic acid groups (broad SMARTS) is 1. The molecule has 1 fully saturated rings. The second-order valence-electron chi connectivity index (χ2n) is 33.2. The van der Waals surface area contributed by atoms with E-state index in [1.807, 2.05) is 5.32 Å². The molecule has 4 rings (SSSR count).